The van der Waals surface area contributed by atoms with Gasteiger partial charge in [0.2, 0.25) is 5.91 Å². The summed E-state index contributed by atoms with van der Waals surface area (Å²) in [4.78, 5) is 17.0. The molecule has 6 heteroatoms. The molecule has 3 rings (SSSR count). The number of hydrogen-bond donors (Lipinski definition) is 2. The number of thiazole rings is 1. The van der Waals surface area contributed by atoms with Crippen molar-refractivity contribution in [3.8, 4) is 0 Å². The molecule has 0 fully saturated rings. The Morgan fingerprint density at radius 3 is 2.95 bits per heavy atom. The van der Waals surface area contributed by atoms with Gasteiger partial charge in [-0.15, -0.1) is 11.3 Å². The van der Waals surface area contributed by atoms with Crippen molar-refractivity contribution in [2.24, 2.45) is 0 Å². The normalized spacial score (nSPS) is 13.2. The number of aryl methyl sites for hydroxylation is 2. The standard InChI is InChI=1S/C14H14ClN3OS/c1-7-13(20-8(2)17-7)6-16-12-3-9-4-14(19)18-11(9)5-10(12)15/h3,5,16H,4,6H2,1-2H3,(H,18,19). The molecule has 2 heterocycles. The molecule has 0 spiro atoms. The minimum Gasteiger partial charge on any atom is -0.379 e. The van der Waals surface area contributed by atoms with Crippen molar-refractivity contribution in [1.82, 2.24) is 4.98 Å². The van der Waals surface area contributed by atoms with Gasteiger partial charge >= 0.3 is 0 Å². The number of anilines is 2. The Labute approximate surface area is 126 Å². The summed E-state index contributed by atoms with van der Waals surface area (Å²) in [5, 5.41) is 7.80. The molecule has 0 bridgehead atoms. The van der Waals surface area contributed by atoms with Crippen molar-refractivity contribution in [2.45, 2.75) is 26.8 Å². The minimum atomic E-state index is 0.0159. The second-order valence-corrected chi connectivity index (χ2v) is 6.50. The molecule has 0 unspecified atom stereocenters. The third-order valence-corrected chi connectivity index (χ3v) is 4.64. The van der Waals surface area contributed by atoms with Gasteiger partial charge in [-0.3, -0.25) is 4.79 Å². The van der Waals surface area contributed by atoms with E-state index in [1.807, 2.05) is 19.9 Å². The molecule has 1 aromatic heterocycles. The molecule has 104 valence electrons. The second kappa shape index (κ2) is 5.07. The van der Waals surface area contributed by atoms with Crippen LogP contribution in [-0.4, -0.2) is 10.9 Å². The Bertz CT molecular complexity index is 696. The summed E-state index contributed by atoms with van der Waals surface area (Å²) in [5.74, 6) is 0.0159. The fourth-order valence-electron chi connectivity index (χ4n) is 2.30. The van der Waals surface area contributed by atoms with Crippen molar-refractivity contribution in [3.63, 3.8) is 0 Å². The molecule has 0 radical (unpaired) electrons. The first-order valence-corrected chi connectivity index (χ1v) is 7.51. The molecule has 2 N–H and O–H groups in total. The van der Waals surface area contributed by atoms with Crippen molar-refractivity contribution < 1.29 is 4.79 Å². The van der Waals surface area contributed by atoms with Crippen LogP contribution >= 0.6 is 22.9 Å². The molecule has 0 saturated carbocycles. The Hall–Kier alpha value is -1.59. The van der Waals surface area contributed by atoms with E-state index < -0.39 is 0 Å². The van der Waals surface area contributed by atoms with Crippen LogP contribution < -0.4 is 10.6 Å². The van der Waals surface area contributed by atoms with E-state index in [0.717, 1.165) is 27.6 Å². The van der Waals surface area contributed by atoms with Gasteiger partial charge in [0.05, 0.1) is 34.4 Å². The van der Waals surface area contributed by atoms with Gasteiger partial charge in [0.25, 0.3) is 0 Å². The lowest BCUT2D eigenvalue weighted by atomic mass is 10.1. The largest absolute Gasteiger partial charge is 0.379 e. The lowest BCUT2D eigenvalue weighted by Gasteiger charge is -2.10. The second-order valence-electron chi connectivity index (χ2n) is 4.81. The predicted molar refractivity (Wildman–Crippen MR) is 82.7 cm³/mol. The summed E-state index contributed by atoms with van der Waals surface area (Å²) in [6.45, 7) is 4.70. The zero-order valence-corrected chi connectivity index (χ0v) is 12.8. The molecule has 0 atom stereocenters. The molecular weight excluding hydrogens is 294 g/mol. The molecule has 1 aliphatic rings. The molecule has 0 aliphatic carbocycles. The van der Waals surface area contributed by atoms with E-state index in [4.69, 9.17) is 11.6 Å². The van der Waals surface area contributed by atoms with Crippen LogP contribution in [0.25, 0.3) is 0 Å². The number of hydrogen-bond acceptors (Lipinski definition) is 4. The zero-order valence-electron chi connectivity index (χ0n) is 11.2. The van der Waals surface area contributed by atoms with E-state index in [1.165, 1.54) is 4.88 Å². The van der Waals surface area contributed by atoms with Crippen LogP contribution in [0.5, 0.6) is 0 Å². The molecule has 2 aromatic rings. The van der Waals surface area contributed by atoms with Gasteiger partial charge in [-0.05, 0) is 31.5 Å². The highest BCUT2D eigenvalue weighted by atomic mass is 35.5. The van der Waals surface area contributed by atoms with E-state index in [9.17, 15) is 4.79 Å². The molecule has 1 aromatic carbocycles. The predicted octanol–water partition coefficient (Wildman–Crippen LogP) is 3.52. The lowest BCUT2D eigenvalue weighted by Crippen LogP contribution is -2.03. The zero-order chi connectivity index (χ0) is 14.3. The Kier molecular flexibility index (Phi) is 3.40. The fraction of sp³-hybridized carbons (Fsp3) is 0.286. The number of fused-ring (bicyclic) bond motifs is 1. The van der Waals surface area contributed by atoms with Crippen molar-refractivity contribution in [1.29, 1.82) is 0 Å². The van der Waals surface area contributed by atoms with Crippen LogP contribution in [0.3, 0.4) is 0 Å². The van der Waals surface area contributed by atoms with Crippen LogP contribution in [0, 0.1) is 13.8 Å². The quantitative estimate of drug-likeness (QED) is 0.912. The fourth-order valence-corrected chi connectivity index (χ4v) is 3.40. The Balaban J connectivity index is 1.80. The molecule has 1 aliphatic heterocycles. The van der Waals surface area contributed by atoms with Gasteiger partial charge in [-0.25, -0.2) is 4.98 Å². The summed E-state index contributed by atoms with van der Waals surface area (Å²) in [5.41, 5.74) is 3.70. The summed E-state index contributed by atoms with van der Waals surface area (Å²) >= 11 is 7.92. The number of aromatic nitrogens is 1. The van der Waals surface area contributed by atoms with Crippen LogP contribution in [0.15, 0.2) is 12.1 Å². The number of amides is 1. The number of nitrogens with zero attached hydrogens (tertiary/aromatic N) is 1. The average Bonchev–Trinajstić information content (AvgIpc) is 2.87. The van der Waals surface area contributed by atoms with Gasteiger partial charge in [0.1, 0.15) is 0 Å². The molecule has 0 saturated heterocycles. The lowest BCUT2D eigenvalue weighted by molar-refractivity contribution is -0.115. The number of halogens is 1. The third kappa shape index (κ3) is 2.51. The SMILES string of the molecule is Cc1nc(C)c(CNc2cc3c(cc2Cl)NC(=O)C3)s1. The van der Waals surface area contributed by atoms with E-state index in [1.54, 1.807) is 17.4 Å². The van der Waals surface area contributed by atoms with Crippen molar-refractivity contribution >= 4 is 40.2 Å². The molecular formula is C14H14ClN3OS. The maximum Gasteiger partial charge on any atom is 0.228 e. The van der Waals surface area contributed by atoms with Gasteiger partial charge in [-0.1, -0.05) is 11.6 Å². The smallest absolute Gasteiger partial charge is 0.228 e. The molecule has 20 heavy (non-hydrogen) atoms. The summed E-state index contributed by atoms with van der Waals surface area (Å²) < 4.78 is 0. The average molecular weight is 308 g/mol. The number of carbonyl (C=O) groups excluding carboxylic acids is 1. The van der Waals surface area contributed by atoms with Crippen molar-refractivity contribution in [2.75, 3.05) is 10.6 Å². The van der Waals surface area contributed by atoms with Gasteiger partial charge in [0, 0.05) is 10.6 Å². The Morgan fingerprint density at radius 2 is 2.25 bits per heavy atom. The first-order chi connectivity index (χ1) is 9.52. The van der Waals surface area contributed by atoms with Crippen LogP contribution in [0.2, 0.25) is 5.02 Å². The van der Waals surface area contributed by atoms with Crippen LogP contribution in [0.1, 0.15) is 21.1 Å². The van der Waals surface area contributed by atoms with Crippen LogP contribution in [0.4, 0.5) is 11.4 Å². The van der Waals surface area contributed by atoms with E-state index >= 15 is 0 Å². The van der Waals surface area contributed by atoms with E-state index in [2.05, 4.69) is 15.6 Å². The maximum absolute atomic E-state index is 11.4. The number of nitrogens with one attached hydrogen (secondary N) is 2. The van der Waals surface area contributed by atoms with E-state index in [0.29, 0.717) is 18.0 Å². The Morgan fingerprint density at radius 1 is 1.45 bits per heavy atom. The molecule has 4 nitrogen and oxygen atoms in total. The third-order valence-electron chi connectivity index (χ3n) is 3.26. The summed E-state index contributed by atoms with van der Waals surface area (Å²) in [6.07, 6.45) is 0.417. The highest BCUT2D eigenvalue weighted by Crippen LogP contribution is 2.33. The number of benzene rings is 1. The highest BCUT2D eigenvalue weighted by Gasteiger charge is 2.19. The summed E-state index contributed by atoms with van der Waals surface area (Å²) in [7, 11) is 0. The summed E-state index contributed by atoms with van der Waals surface area (Å²) in [6, 6.07) is 3.74. The minimum absolute atomic E-state index is 0.0159. The monoisotopic (exact) mass is 307 g/mol. The number of carbonyl (C=O) groups is 1. The van der Waals surface area contributed by atoms with Gasteiger partial charge < -0.3 is 10.6 Å². The maximum atomic E-state index is 11.4. The highest BCUT2D eigenvalue weighted by molar-refractivity contribution is 7.11. The first-order valence-electron chi connectivity index (χ1n) is 6.32. The molecule has 1 amide bonds. The number of rotatable bonds is 3. The van der Waals surface area contributed by atoms with Gasteiger partial charge in [0.15, 0.2) is 0 Å². The van der Waals surface area contributed by atoms with Crippen molar-refractivity contribution in [3.05, 3.63) is 38.3 Å². The topological polar surface area (TPSA) is 54.0 Å². The first kappa shape index (κ1) is 13.4. The van der Waals surface area contributed by atoms with E-state index in [-0.39, 0.29) is 5.91 Å². The van der Waals surface area contributed by atoms with Gasteiger partial charge in [-0.2, -0.15) is 0 Å². The van der Waals surface area contributed by atoms with Crippen LogP contribution in [-0.2, 0) is 17.8 Å².